The summed E-state index contributed by atoms with van der Waals surface area (Å²) in [6, 6.07) is 17.3. The second-order valence-corrected chi connectivity index (χ2v) is 8.05. The van der Waals surface area contributed by atoms with Gasteiger partial charge in [-0.2, -0.15) is 13.2 Å². The van der Waals surface area contributed by atoms with Gasteiger partial charge in [-0.25, -0.2) is 4.79 Å². The van der Waals surface area contributed by atoms with E-state index in [0.29, 0.717) is 22.4 Å². The van der Waals surface area contributed by atoms with Crippen LogP contribution in [0.15, 0.2) is 66.7 Å². The van der Waals surface area contributed by atoms with Crippen LogP contribution >= 0.6 is 0 Å². The van der Waals surface area contributed by atoms with E-state index in [1.54, 1.807) is 30.3 Å². The van der Waals surface area contributed by atoms with E-state index in [1.165, 1.54) is 32.2 Å². The first-order chi connectivity index (χ1) is 17.1. The number of carbonyl (C=O) groups excluding carboxylic acids is 2. The van der Waals surface area contributed by atoms with Gasteiger partial charge in [-0.15, -0.1) is 0 Å². The largest absolute Gasteiger partial charge is 0.496 e. The summed E-state index contributed by atoms with van der Waals surface area (Å²) >= 11 is 0. The van der Waals surface area contributed by atoms with Crippen molar-refractivity contribution in [1.82, 2.24) is 4.90 Å². The van der Waals surface area contributed by atoms with Gasteiger partial charge in [0.2, 0.25) is 0 Å². The van der Waals surface area contributed by atoms with Crippen LogP contribution in [0.1, 0.15) is 22.3 Å². The highest BCUT2D eigenvalue weighted by Crippen LogP contribution is 2.38. The molecule has 9 heteroatoms. The maximum absolute atomic E-state index is 13.5. The summed E-state index contributed by atoms with van der Waals surface area (Å²) in [5.74, 6) is -0.0569. The Bertz CT molecular complexity index is 1210. The van der Waals surface area contributed by atoms with Crippen LogP contribution in [0.2, 0.25) is 0 Å². The van der Waals surface area contributed by atoms with Gasteiger partial charge >= 0.3 is 18.2 Å². The van der Waals surface area contributed by atoms with Gasteiger partial charge in [-0.3, -0.25) is 4.79 Å². The maximum atomic E-state index is 13.5. The van der Waals surface area contributed by atoms with Gasteiger partial charge in [-0.1, -0.05) is 42.5 Å². The molecule has 0 heterocycles. The van der Waals surface area contributed by atoms with Crippen molar-refractivity contribution in [2.45, 2.75) is 25.7 Å². The molecule has 0 radical (unpaired) electrons. The number of hydrogen-bond acceptors (Lipinski definition) is 5. The molecule has 0 saturated carbocycles. The molecule has 0 aliphatic rings. The van der Waals surface area contributed by atoms with E-state index in [-0.39, 0.29) is 25.1 Å². The zero-order valence-corrected chi connectivity index (χ0v) is 20.1. The van der Waals surface area contributed by atoms with Gasteiger partial charge < -0.3 is 19.1 Å². The number of nitrogens with zero attached hydrogens (tertiary/aromatic N) is 1. The monoisotopic (exact) mass is 501 g/mol. The predicted octanol–water partition coefficient (Wildman–Crippen LogP) is 5.87. The van der Waals surface area contributed by atoms with Crippen molar-refractivity contribution in [3.05, 3.63) is 89.0 Å². The average molecular weight is 502 g/mol. The fourth-order valence-corrected chi connectivity index (χ4v) is 3.63. The van der Waals surface area contributed by atoms with Crippen LogP contribution in [0.5, 0.6) is 5.75 Å². The first kappa shape index (κ1) is 26.6. The van der Waals surface area contributed by atoms with E-state index < -0.39 is 23.8 Å². The Balaban J connectivity index is 1.95. The van der Waals surface area contributed by atoms with Gasteiger partial charge in [0.15, 0.2) is 0 Å². The minimum Gasteiger partial charge on any atom is -0.496 e. The molecule has 0 aromatic heterocycles. The molecule has 0 atom stereocenters. The molecule has 0 saturated heterocycles. The Kier molecular flexibility index (Phi) is 8.58. The number of amides is 1. The van der Waals surface area contributed by atoms with Crippen molar-refractivity contribution in [1.29, 1.82) is 0 Å². The van der Waals surface area contributed by atoms with Crippen LogP contribution in [0.4, 0.5) is 18.0 Å². The van der Waals surface area contributed by atoms with Crippen LogP contribution in [-0.4, -0.2) is 38.2 Å². The molecule has 0 unspecified atom stereocenters. The number of hydrogen-bond donors (Lipinski definition) is 0. The van der Waals surface area contributed by atoms with Crippen LogP contribution < -0.4 is 4.74 Å². The van der Waals surface area contributed by atoms with E-state index >= 15 is 0 Å². The minimum absolute atomic E-state index is 0.0187. The zero-order chi connectivity index (χ0) is 26.3. The van der Waals surface area contributed by atoms with Crippen LogP contribution in [0.3, 0.4) is 0 Å². The highest BCUT2D eigenvalue weighted by atomic mass is 19.4. The SMILES string of the molecule is COC(=O)Cc1ccc(OC)c(-c2ccc(C(F)(F)F)cc2CN(C)C(=O)OCc2ccccc2)c1. The Morgan fingerprint density at radius 1 is 0.889 bits per heavy atom. The lowest BCUT2D eigenvalue weighted by molar-refractivity contribution is -0.140. The Hall–Kier alpha value is -4.01. The van der Waals surface area contributed by atoms with Crippen molar-refractivity contribution in [3.63, 3.8) is 0 Å². The molecule has 6 nitrogen and oxygen atoms in total. The van der Waals surface area contributed by atoms with Gasteiger partial charge in [-0.05, 0) is 46.5 Å². The lowest BCUT2D eigenvalue weighted by Gasteiger charge is -2.21. The molecular weight excluding hydrogens is 475 g/mol. The molecule has 0 fully saturated rings. The zero-order valence-electron chi connectivity index (χ0n) is 20.1. The molecule has 0 aliphatic heterocycles. The van der Waals surface area contributed by atoms with Crippen molar-refractivity contribution in [2.24, 2.45) is 0 Å². The molecule has 3 aromatic carbocycles. The van der Waals surface area contributed by atoms with E-state index in [9.17, 15) is 22.8 Å². The summed E-state index contributed by atoms with van der Waals surface area (Å²) in [7, 11) is 4.16. The maximum Gasteiger partial charge on any atom is 0.416 e. The third-order valence-electron chi connectivity index (χ3n) is 5.49. The Labute approximate surface area is 207 Å². The van der Waals surface area contributed by atoms with Gasteiger partial charge in [0.1, 0.15) is 12.4 Å². The third kappa shape index (κ3) is 6.78. The highest BCUT2D eigenvalue weighted by molar-refractivity contribution is 5.78. The molecule has 36 heavy (non-hydrogen) atoms. The molecule has 0 spiro atoms. The molecule has 190 valence electrons. The number of benzene rings is 3. The van der Waals surface area contributed by atoms with Gasteiger partial charge in [0, 0.05) is 19.2 Å². The number of esters is 1. The number of alkyl halides is 3. The average Bonchev–Trinajstić information content (AvgIpc) is 2.87. The fourth-order valence-electron chi connectivity index (χ4n) is 3.63. The lowest BCUT2D eigenvalue weighted by Crippen LogP contribution is -2.27. The normalized spacial score (nSPS) is 11.1. The van der Waals surface area contributed by atoms with Crippen LogP contribution in [0, 0.1) is 0 Å². The molecule has 0 bridgehead atoms. The Morgan fingerprint density at radius 3 is 2.25 bits per heavy atom. The molecule has 3 aromatic rings. The van der Waals surface area contributed by atoms with E-state index in [4.69, 9.17) is 14.2 Å². The highest BCUT2D eigenvalue weighted by Gasteiger charge is 2.31. The van der Waals surface area contributed by atoms with E-state index in [2.05, 4.69) is 0 Å². The summed E-state index contributed by atoms with van der Waals surface area (Å²) in [6.07, 6.45) is -5.28. The summed E-state index contributed by atoms with van der Waals surface area (Å²) < 4.78 is 56.0. The summed E-state index contributed by atoms with van der Waals surface area (Å²) in [6.45, 7) is -0.125. The third-order valence-corrected chi connectivity index (χ3v) is 5.49. The minimum atomic E-state index is -4.57. The van der Waals surface area contributed by atoms with Crippen molar-refractivity contribution in [2.75, 3.05) is 21.3 Å². The van der Waals surface area contributed by atoms with Crippen molar-refractivity contribution in [3.8, 4) is 16.9 Å². The molecule has 1 amide bonds. The number of ether oxygens (including phenoxy) is 3. The molecule has 3 rings (SSSR count). The van der Waals surface area contributed by atoms with E-state index in [1.807, 2.05) is 18.2 Å². The van der Waals surface area contributed by atoms with Gasteiger partial charge in [0.25, 0.3) is 0 Å². The predicted molar refractivity (Wildman–Crippen MR) is 127 cm³/mol. The smallest absolute Gasteiger partial charge is 0.416 e. The first-order valence-corrected chi connectivity index (χ1v) is 11.0. The first-order valence-electron chi connectivity index (χ1n) is 11.0. The summed E-state index contributed by atoms with van der Waals surface area (Å²) in [5.41, 5.74) is 1.67. The van der Waals surface area contributed by atoms with Crippen molar-refractivity contribution < 1.29 is 37.0 Å². The molecule has 0 N–H and O–H groups in total. The van der Waals surface area contributed by atoms with E-state index in [0.717, 1.165) is 17.7 Å². The number of halogens is 3. The fraction of sp³-hybridized carbons (Fsp3) is 0.259. The second-order valence-electron chi connectivity index (χ2n) is 8.05. The topological polar surface area (TPSA) is 65.1 Å². The Morgan fingerprint density at radius 2 is 1.61 bits per heavy atom. The summed E-state index contributed by atoms with van der Waals surface area (Å²) in [5, 5.41) is 0. The molecule has 0 aliphatic carbocycles. The quantitative estimate of drug-likeness (QED) is 0.362. The lowest BCUT2D eigenvalue weighted by atomic mass is 9.94. The summed E-state index contributed by atoms with van der Waals surface area (Å²) in [4.78, 5) is 25.5. The standard InChI is InChI=1S/C27H26F3NO5/c1-31(26(33)36-17-18-7-5-4-6-8-18)16-20-15-21(27(28,29)30)10-11-22(20)23-13-19(14-25(32)35-3)9-12-24(23)34-2/h4-13,15H,14,16-17H2,1-3H3. The number of rotatable bonds is 8. The second kappa shape index (κ2) is 11.6. The van der Waals surface area contributed by atoms with Crippen LogP contribution in [-0.2, 0) is 40.0 Å². The number of methoxy groups -OCH3 is 2. The van der Waals surface area contributed by atoms with Gasteiger partial charge in [0.05, 0.1) is 26.2 Å². The number of carbonyl (C=O) groups is 2. The van der Waals surface area contributed by atoms with Crippen LogP contribution in [0.25, 0.3) is 11.1 Å². The van der Waals surface area contributed by atoms with Crippen molar-refractivity contribution >= 4 is 12.1 Å². The molecular formula is C27H26F3NO5.